The Morgan fingerprint density at radius 3 is 2.83 bits per heavy atom. The summed E-state index contributed by atoms with van der Waals surface area (Å²) < 4.78 is 0. The quantitative estimate of drug-likeness (QED) is 0.879. The van der Waals surface area contributed by atoms with E-state index in [0.29, 0.717) is 6.04 Å². The Hall–Kier alpha value is -1.32. The molecule has 1 saturated heterocycles. The van der Waals surface area contributed by atoms with Crippen molar-refractivity contribution < 1.29 is 5.11 Å². The van der Waals surface area contributed by atoms with Crippen LogP contribution in [0.1, 0.15) is 57.3 Å². The molecule has 2 N–H and O–H groups in total. The number of para-hydroxylation sites is 1. The van der Waals surface area contributed by atoms with Gasteiger partial charge in [-0.05, 0) is 57.7 Å². The number of H-pyrrole nitrogens is 1. The lowest BCUT2D eigenvalue weighted by Gasteiger charge is -2.53. The first-order valence-electron chi connectivity index (χ1n) is 9.01. The van der Waals surface area contributed by atoms with Gasteiger partial charge in [0.2, 0.25) is 0 Å². The van der Waals surface area contributed by atoms with Crippen LogP contribution in [0.5, 0.6) is 0 Å². The highest BCUT2D eigenvalue weighted by Gasteiger charge is 2.49. The second-order valence-corrected chi connectivity index (χ2v) is 8.01. The van der Waals surface area contributed by atoms with Crippen molar-refractivity contribution in [2.24, 2.45) is 5.41 Å². The van der Waals surface area contributed by atoms with E-state index in [1.807, 2.05) is 13.8 Å². The minimum atomic E-state index is -0.628. The maximum atomic E-state index is 10.8. The largest absolute Gasteiger partial charge is 0.390 e. The van der Waals surface area contributed by atoms with Gasteiger partial charge in [0.1, 0.15) is 0 Å². The maximum absolute atomic E-state index is 10.8. The van der Waals surface area contributed by atoms with Gasteiger partial charge in [0.15, 0.2) is 0 Å². The van der Waals surface area contributed by atoms with Gasteiger partial charge in [0, 0.05) is 28.6 Å². The molecule has 1 aromatic carbocycles. The van der Waals surface area contributed by atoms with Crippen molar-refractivity contribution in [2.75, 3.05) is 13.1 Å². The van der Waals surface area contributed by atoms with Crippen LogP contribution in [0, 0.1) is 5.41 Å². The van der Waals surface area contributed by atoms with Gasteiger partial charge >= 0.3 is 0 Å². The molecule has 3 heterocycles. The van der Waals surface area contributed by atoms with Crippen molar-refractivity contribution in [2.45, 2.75) is 58.1 Å². The molecular weight excluding hydrogens is 284 g/mol. The molecule has 0 aliphatic carbocycles. The molecule has 2 aliphatic heterocycles. The lowest BCUT2D eigenvalue weighted by atomic mass is 9.63. The molecule has 0 unspecified atom stereocenters. The topological polar surface area (TPSA) is 39.3 Å². The van der Waals surface area contributed by atoms with Gasteiger partial charge in [0.05, 0.1) is 11.6 Å². The van der Waals surface area contributed by atoms with Gasteiger partial charge in [-0.25, -0.2) is 0 Å². The maximum Gasteiger partial charge on any atom is 0.0648 e. The number of nitrogens with zero attached hydrogens (tertiary/aromatic N) is 1. The van der Waals surface area contributed by atoms with E-state index in [-0.39, 0.29) is 5.41 Å². The summed E-state index contributed by atoms with van der Waals surface area (Å²) in [5, 5.41) is 12.2. The Morgan fingerprint density at radius 2 is 2.09 bits per heavy atom. The summed E-state index contributed by atoms with van der Waals surface area (Å²) in [6, 6.07) is 9.09. The summed E-state index contributed by atoms with van der Waals surface area (Å²) in [4.78, 5) is 6.33. The van der Waals surface area contributed by atoms with Crippen LogP contribution in [0.2, 0.25) is 0 Å². The lowest BCUT2D eigenvalue weighted by Crippen LogP contribution is -2.53. The van der Waals surface area contributed by atoms with Crippen molar-refractivity contribution in [3.63, 3.8) is 0 Å². The number of hydrogen-bond donors (Lipinski definition) is 2. The highest BCUT2D eigenvalue weighted by Crippen LogP contribution is 2.52. The van der Waals surface area contributed by atoms with E-state index >= 15 is 0 Å². The van der Waals surface area contributed by atoms with Crippen LogP contribution >= 0.6 is 0 Å². The lowest BCUT2D eigenvalue weighted by molar-refractivity contribution is -0.108. The van der Waals surface area contributed by atoms with Crippen LogP contribution < -0.4 is 0 Å². The average Bonchev–Trinajstić information content (AvgIpc) is 2.92. The predicted molar refractivity (Wildman–Crippen MR) is 94.6 cm³/mol. The molecule has 0 spiro atoms. The number of aliphatic hydroxyl groups is 1. The molecule has 3 heteroatoms. The smallest absolute Gasteiger partial charge is 0.0648 e. The molecule has 23 heavy (non-hydrogen) atoms. The number of piperidine rings is 1. The van der Waals surface area contributed by atoms with Gasteiger partial charge in [-0.3, -0.25) is 4.90 Å². The molecule has 0 bridgehead atoms. The zero-order chi connectivity index (χ0) is 16.2. The Morgan fingerprint density at radius 1 is 1.30 bits per heavy atom. The van der Waals surface area contributed by atoms with E-state index in [1.165, 1.54) is 22.2 Å². The van der Waals surface area contributed by atoms with Gasteiger partial charge in [-0.1, -0.05) is 25.1 Å². The molecule has 3 nitrogen and oxygen atoms in total. The number of nitrogens with one attached hydrogen (secondary N) is 1. The minimum Gasteiger partial charge on any atom is -0.390 e. The fourth-order valence-electron chi connectivity index (χ4n) is 5.01. The van der Waals surface area contributed by atoms with Gasteiger partial charge in [-0.2, -0.15) is 0 Å². The molecule has 0 saturated carbocycles. The van der Waals surface area contributed by atoms with E-state index in [0.717, 1.165) is 38.8 Å². The average molecular weight is 312 g/mol. The third kappa shape index (κ3) is 2.17. The number of aromatic nitrogens is 1. The van der Waals surface area contributed by atoms with E-state index in [1.54, 1.807) is 0 Å². The predicted octanol–water partition coefficient (Wildman–Crippen LogP) is 4.03. The fraction of sp³-hybridized carbons (Fsp3) is 0.600. The van der Waals surface area contributed by atoms with Crippen LogP contribution in [-0.4, -0.2) is 33.7 Å². The van der Waals surface area contributed by atoms with Crippen LogP contribution in [0.25, 0.3) is 10.9 Å². The standard InChI is InChI=1S/C20H28N2O/c1-4-20(19(2,3)23)10-12-22-11-9-15-14-7-5-6-8-16(14)21-18(15)17(22)13-20/h5-8,17,21,23H,4,9-13H2,1-3H3/t17-,20+/m0/s1. The molecular formula is C20H28N2O. The highest BCUT2D eigenvalue weighted by atomic mass is 16.3. The van der Waals surface area contributed by atoms with E-state index in [2.05, 4.69) is 41.1 Å². The summed E-state index contributed by atoms with van der Waals surface area (Å²) in [5.41, 5.74) is 3.55. The van der Waals surface area contributed by atoms with Crippen molar-refractivity contribution in [1.29, 1.82) is 0 Å². The minimum absolute atomic E-state index is 0.0140. The van der Waals surface area contributed by atoms with Crippen LogP contribution in [0.15, 0.2) is 24.3 Å². The third-order valence-electron chi connectivity index (χ3n) is 6.71. The van der Waals surface area contributed by atoms with Crippen molar-refractivity contribution in [3.05, 3.63) is 35.5 Å². The number of fused-ring (bicyclic) bond motifs is 5. The molecule has 124 valence electrons. The SMILES string of the molecule is CC[C@@]1(C(C)(C)O)CCN2CCc3c([nH]c4ccccc34)[C@@H]2C1. The van der Waals surface area contributed by atoms with Crippen LogP contribution in [0.4, 0.5) is 0 Å². The van der Waals surface area contributed by atoms with E-state index < -0.39 is 5.60 Å². The molecule has 4 rings (SSSR count). The van der Waals surface area contributed by atoms with Crippen LogP contribution in [0.3, 0.4) is 0 Å². The number of aromatic amines is 1. The zero-order valence-electron chi connectivity index (χ0n) is 14.5. The molecule has 2 aromatic rings. The second-order valence-electron chi connectivity index (χ2n) is 8.01. The Bertz CT molecular complexity index is 727. The Balaban J connectivity index is 1.79. The Labute approximate surface area is 138 Å². The first kappa shape index (κ1) is 15.2. The molecule has 2 aliphatic rings. The normalized spacial score (nSPS) is 28.6. The van der Waals surface area contributed by atoms with Gasteiger partial charge in [0.25, 0.3) is 0 Å². The summed E-state index contributed by atoms with van der Waals surface area (Å²) in [6.45, 7) is 8.48. The number of hydrogen-bond acceptors (Lipinski definition) is 2. The van der Waals surface area contributed by atoms with Crippen molar-refractivity contribution >= 4 is 10.9 Å². The fourth-order valence-corrected chi connectivity index (χ4v) is 5.01. The first-order valence-corrected chi connectivity index (χ1v) is 9.01. The summed E-state index contributed by atoms with van der Waals surface area (Å²) in [7, 11) is 0. The number of benzene rings is 1. The summed E-state index contributed by atoms with van der Waals surface area (Å²) >= 11 is 0. The van der Waals surface area contributed by atoms with Gasteiger partial charge < -0.3 is 10.1 Å². The summed E-state index contributed by atoms with van der Waals surface area (Å²) in [6.07, 6.45) is 4.32. The van der Waals surface area contributed by atoms with Gasteiger partial charge in [-0.15, -0.1) is 0 Å². The zero-order valence-corrected chi connectivity index (χ0v) is 14.5. The number of rotatable bonds is 2. The molecule has 0 amide bonds. The van der Waals surface area contributed by atoms with Crippen LogP contribution in [-0.2, 0) is 6.42 Å². The Kier molecular flexibility index (Phi) is 3.37. The van der Waals surface area contributed by atoms with E-state index in [9.17, 15) is 5.11 Å². The molecule has 1 fully saturated rings. The third-order valence-corrected chi connectivity index (χ3v) is 6.71. The van der Waals surface area contributed by atoms with Crippen molar-refractivity contribution in [3.8, 4) is 0 Å². The molecule has 0 radical (unpaired) electrons. The molecule has 1 aromatic heterocycles. The first-order chi connectivity index (χ1) is 11.0. The van der Waals surface area contributed by atoms with Crippen molar-refractivity contribution in [1.82, 2.24) is 9.88 Å². The monoisotopic (exact) mass is 312 g/mol. The second kappa shape index (κ2) is 5.09. The molecule has 2 atom stereocenters. The highest BCUT2D eigenvalue weighted by molar-refractivity contribution is 5.85. The summed E-state index contributed by atoms with van der Waals surface area (Å²) in [5.74, 6) is 0. The van der Waals surface area contributed by atoms with E-state index in [4.69, 9.17) is 0 Å².